The molecule has 0 saturated carbocycles. The van der Waals surface area contributed by atoms with Crippen molar-refractivity contribution in [3.63, 3.8) is 0 Å². The largest absolute Gasteiger partial charge is 0.497 e. The number of hydrogen-bond donors (Lipinski definition) is 1. The predicted molar refractivity (Wildman–Crippen MR) is 92.9 cm³/mol. The molecule has 1 N–H and O–H groups in total. The SMILES string of the molecule is COc1ccc(Nc2nc(N3CCCC3)nc3nccnc23)cc1. The summed E-state index contributed by atoms with van der Waals surface area (Å²) in [6, 6.07) is 7.69. The van der Waals surface area contributed by atoms with Gasteiger partial charge >= 0.3 is 0 Å². The number of anilines is 3. The van der Waals surface area contributed by atoms with Gasteiger partial charge in [0, 0.05) is 31.2 Å². The van der Waals surface area contributed by atoms with E-state index in [2.05, 4.69) is 25.2 Å². The molecule has 3 aromatic rings. The van der Waals surface area contributed by atoms with E-state index in [0.717, 1.165) is 24.5 Å². The Hall–Kier alpha value is -2.96. The van der Waals surface area contributed by atoms with Gasteiger partial charge in [-0.05, 0) is 37.1 Å². The van der Waals surface area contributed by atoms with Gasteiger partial charge in [0.05, 0.1) is 7.11 Å². The van der Waals surface area contributed by atoms with E-state index < -0.39 is 0 Å². The summed E-state index contributed by atoms with van der Waals surface area (Å²) in [5, 5.41) is 3.33. The lowest BCUT2D eigenvalue weighted by molar-refractivity contribution is 0.415. The lowest BCUT2D eigenvalue weighted by atomic mass is 10.3. The van der Waals surface area contributed by atoms with Crippen molar-refractivity contribution in [1.29, 1.82) is 0 Å². The quantitative estimate of drug-likeness (QED) is 0.791. The van der Waals surface area contributed by atoms with Crippen LogP contribution in [0, 0.1) is 0 Å². The lowest BCUT2D eigenvalue weighted by Gasteiger charge is -2.17. The Morgan fingerprint density at radius 3 is 2.50 bits per heavy atom. The maximum atomic E-state index is 5.19. The average Bonchev–Trinajstić information content (AvgIpc) is 3.17. The summed E-state index contributed by atoms with van der Waals surface area (Å²) in [7, 11) is 1.65. The van der Waals surface area contributed by atoms with E-state index in [0.29, 0.717) is 22.9 Å². The molecule has 7 nitrogen and oxygen atoms in total. The number of ether oxygens (including phenoxy) is 1. The first kappa shape index (κ1) is 14.6. The zero-order chi connectivity index (χ0) is 16.4. The van der Waals surface area contributed by atoms with Crippen molar-refractivity contribution in [1.82, 2.24) is 19.9 Å². The number of nitrogens with one attached hydrogen (secondary N) is 1. The van der Waals surface area contributed by atoms with Gasteiger partial charge < -0.3 is 15.0 Å². The molecule has 1 aliphatic rings. The first-order valence-corrected chi connectivity index (χ1v) is 7.98. The summed E-state index contributed by atoms with van der Waals surface area (Å²) in [6.45, 7) is 1.96. The van der Waals surface area contributed by atoms with Crippen molar-refractivity contribution >= 4 is 28.6 Å². The van der Waals surface area contributed by atoms with E-state index in [1.165, 1.54) is 12.8 Å². The lowest BCUT2D eigenvalue weighted by Crippen LogP contribution is -2.21. The Bertz CT molecular complexity index is 845. The van der Waals surface area contributed by atoms with E-state index in [9.17, 15) is 0 Å². The normalized spacial score (nSPS) is 14.1. The number of hydrogen-bond acceptors (Lipinski definition) is 7. The van der Waals surface area contributed by atoms with E-state index in [-0.39, 0.29) is 0 Å². The van der Waals surface area contributed by atoms with Crippen LogP contribution in [-0.2, 0) is 0 Å². The molecule has 0 radical (unpaired) electrons. The van der Waals surface area contributed by atoms with Crippen LogP contribution in [0.3, 0.4) is 0 Å². The number of benzene rings is 1. The number of nitrogens with zero attached hydrogens (tertiary/aromatic N) is 5. The average molecular weight is 322 g/mol. The van der Waals surface area contributed by atoms with Gasteiger partial charge in [-0.25, -0.2) is 9.97 Å². The molecular formula is C17H18N6O. The van der Waals surface area contributed by atoms with Crippen molar-refractivity contribution < 1.29 is 4.74 Å². The molecule has 0 aliphatic carbocycles. The number of methoxy groups -OCH3 is 1. The molecule has 4 rings (SSSR count). The number of aromatic nitrogens is 4. The van der Waals surface area contributed by atoms with Crippen LogP contribution in [0.1, 0.15) is 12.8 Å². The van der Waals surface area contributed by atoms with Crippen molar-refractivity contribution in [2.45, 2.75) is 12.8 Å². The van der Waals surface area contributed by atoms with Gasteiger partial charge in [0.2, 0.25) is 5.95 Å². The van der Waals surface area contributed by atoms with E-state index >= 15 is 0 Å². The van der Waals surface area contributed by atoms with Crippen LogP contribution in [0.4, 0.5) is 17.5 Å². The smallest absolute Gasteiger partial charge is 0.229 e. The van der Waals surface area contributed by atoms with Crippen LogP contribution in [0.2, 0.25) is 0 Å². The summed E-state index contributed by atoms with van der Waals surface area (Å²) in [5.74, 6) is 2.18. The second kappa shape index (κ2) is 6.27. The molecule has 0 amide bonds. The fourth-order valence-electron chi connectivity index (χ4n) is 2.81. The zero-order valence-corrected chi connectivity index (χ0v) is 13.4. The second-order valence-electron chi connectivity index (χ2n) is 5.65. The van der Waals surface area contributed by atoms with Crippen LogP contribution in [0.15, 0.2) is 36.7 Å². The van der Waals surface area contributed by atoms with Gasteiger partial charge in [-0.1, -0.05) is 0 Å². The molecule has 24 heavy (non-hydrogen) atoms. The Labute approximate surface area is 139 Å². The highest BCUT2D eigenvalue weighted by molar-refractivity contribution is 5.85. The third-order valence-corrected chi connectivity index (χ3v) is 4.06. The van der Waals surface area contributed by atoms with Gasteiger partial charge in [0.15, 0.2) is 17.0 Å². The molecule has 0 bridgehead atoms. The predicted octanol–water partition coefficient (Wildman–Crippen LogP) is 2.77. The van der Waals surface area contributed by atoms with Gasteiger partial charge in [-0.2, -0.15) is 9.97 Å². The molecule has 1 fully saturated rings. The van der Waals surface area contributed by atoms with E-state index in [4.69, 9.17) is 9.72 Å². The Balaban J connectivity index is 1.74. The Morgan fingerprint density at radius 1 is 1.00 bits per heavy atom. The molecular weight excluding hydrogens is 304 g/mol. The molecule has 3 heterocycles. The number of fused-ring (bicyclic) bond motifs is 1. The molecule has 1 aromatic carbocycles. The molecule has 122 valence electrons. The van der Waals surface area contributed by atoms with Crippen LogP contribution < -0.4 is 15.0 Å². The molecule has 1 aliphatic heterocycles. The fraction of sp³-hybridized carbons (Fsp3) is 0.294. The zero-order valence-electron chi connectivity index (χ0n) is 13.4. The summed E-state index contributed by atoms with van der Waals surface area (Å²) < 4.78 is 5.19. The monoisotopic (exact) mass is 322 g/mol. The summed E-state index contributed by atoms with van der Waals surface area (Å²) >= 11 is 0. The molecule has 7 heteroatoms. The van der Waals surface area contributed by atoms with Gasteiger partial charge in [-0.3, -0.25) is 0 Å². The first-order valence-electron chi connectivity index (χ1n) is 7.98. The molecule has 0 spiro atoms. The van der Waals surface area contributed by atoms with Crippen molar-refractivity contribution in [2.75, 3.05) is 30.4 Å². The van der Waals surface area contributed by atoms with Gasteiger partial charge in [-0.15, -0.1) is 0 Å². The van der Waals surface area contributed by atoms with Crippen molar-refractivity contribution in [3.05, 3.63) is 36.7 Å². The standard InChI is InChI=1S/C17H18N6O/c1-24-13-6-4-12(5-7-13)20-16-14-15(19-9-8-18-14)21-17(22-16)23-10-2-3-11-23/h4-9H,2-3,10-11H2,1H3,(H,19,20,21,22). The summed E-state index contributed by atoms with van der Waals surface area (Å²) in [5.41, 5.74) is 2.18. The minimum Gasteiger partial charge on any atom is -0.497 e. The highest BCUT2D eigenvalue weighted by Gasteiger charge is 2.18. The van der Waals surface area contributed by atoms with Crippen LogP contribution in [-0.4, -0.2) is 40.1 Å². The topological polar surface area (TPSA) is 76.1 Å². The minimum absolute atomic E-state index is 0.602. The summed E-state index contributed by atoms with van der Waals surface area (Å²) in [4.78, 5) is 20.2. The first-order chi connectivity index (χ1) is 11.8. The fourth-order valence-corrected chi connectivity index (χ4v) is 2.81. The molecule has 0 atom stereocenters. The van der Waals surface area contributed by atoms with Crippen LogP contribution >= 0.6 is 0 Å². The highest BCUT2D eigenvalue weighted by atomic mass is 16.5. The van der Waals surface area contributed by atoms with Crippen LogP contribution in [0.25, 0.3) is 11.2 Å². The Morgan fingerprint density at radius 2 is 1.75 bits per heavy atom. The van der Waals surface area contributed by atoms with E-state index in [1.807, 2.05) is 24.3 Å². The summed E-state index contributed by atoms with van der Waals surface area (Å²) in [6.07, 6.45) is 5.65. The molecule has 1 saturated heterocycles. The third kappa shape index (κ3) is 2.80. The van der Waals surface area contributed by atoms with Crippen molar-refractivity contribution in [2.24, 2.45) is 0 Å². The maximum absolute atomic E-state index is 5.19. The number of rotatable bonds is 4. The third-order valence-electron chi connectivity index (χ3n) is 4.06. The highest BCUT2D eigenvalue weighted by Crippen LogP contribution is 2.26. The van der Waals surface area contributed by atoms with Crippen LogP contribution in [0.5, 0.6) is 5.75 Å². The van der Waals surface area contributed by atoms with E-state index in [1.54, 1.807) is 19.5 Å². The maximum Gasteiger partial charge on any atom is 0.229 e. The van der Waals surface area contributed by atoms with Gasteiger partial charge in [0.25, 0.3) is 0 Å². The van der Waals surface area contributed by atoms with Crippen molar-refractivity contribution in [3.8, 4) is 5.75 Å². The second-order valence-corrected chi connectivity index (χ2v) is 5.65. The minimum atomic E-state index is 0.602. The van der Waals surface area contributed by atoms with Gasteiger partial charge in [0.1, 0.15) is 5.75 Å². The Kier molecular flexibility index (Phi) is 3.82. The molecule has 0 unspecified atom stereocenters. The molecule has 2 aromatic heterocycles.